The van der Waals surface area contributed by atoms with Crippen molar-refractivity contribution < 1.29 is 14.6 Å². The Kier molecular flexibility index (Phi) is 3.79. The highest BCUT2D eigenvalue weighted by Gasteiger charge is 2.05. The van der Waals surface area contributed by atoms with Crippen LogP contribution >= 0.6 is 11.6 Å². The molecule has 0 amide bonds. The number of rotatable bonds is 4. The van der Waals surface area contributed by atoms with E-state index in [1.54, 1.807) is 42.6 Å². The third kappa shape index (κ3) is 3.21. The van der Waals surface area contributed by atoms with Crippen molar-refractivity contribution in [2.24, 2.45) is 0 Å². The summed E-state index contributed by atoms with van der Waals surface area (Å²) in [5.74, 6) is -0.0796. The number of halogens is 1. The van der Waals surface area contributed by atoms with Crippen molar-refractivity contribution in [3.05, 3.63) is 53.2 Å². The molecule has 0 radical (unpaired) electrons. The topological polar surface area (TPSA) is 59.4 Å². The van der Waals surface area contributed by atoms with E-state index in [4.69, 9.17) is 21.4 Å². The van der Waals surface area contributed by atoms with Crippen LogP contribution in [0.3, 0.4) is 0 Å². The molecule has 0 atom stereocenters. The van der Waals surface area contributed by atoms with Gasteiger partial charge < -0.3 is 9.84 Å². The highest BCUT2D eigenvalue weighted by Crippen LogP contribution is 2.26. The molecule has 0 unspecified atom stereocenters. The summed E-state index contributed by atoms with van der Waals surface area (Å²) in [5.41, 5.74) is 0.659. The van der Waals surface area contributed by atoms with Gasteiger partial charge in [-0.3, -0.25) is 4.79 Å². The summed E-state index contributed by atoms with van der Waals surface area (Å²) in [6.07, 6.45) is 1.52. The number of aromatic nitrogens is 1. The van der Waals surface area contributed by atoms with Crippen LogP contribution in [0.5, 0.6) is 11.6 Å². The average Bonchev–Trinajstić information content (AvgIpc) is 2.32. The third-order valence-electron chi connectivity index (χ3n) is 2.19. The number of nitrogens with zero attached hydrogens (tertiary/aromatic N) is 1. The maximum absolute atomic E-state index is 10.6. The van der Waals surface area contributed by atoms with Crippen LogP contribution in [0.2, 0.25) is 5.02 Å². The molecule has 2 aromatic rings. The van der Waals surface area contributed by atoms with Crippen molar-refractivity contribution in [1.29, 1.82) is 0 Å². The highest BCUT2D eigenvalue weighted by atomic mass is 35.5. The van der Waals surface area contributed by atoms with Crippen molar-refractivity contribution in [1.82, 2.24) is 4.98 Å². The van der Waals surface area contributed by atoms with Crippen LogP contribution in [0.15, 0.2) is 42.6 Å². The van der Waals surface area contributed by atoms with E-state index in [9.17, 15) is 4.79 Å². The molecule has 1 heterocycles. The lowest BCUT2D eigenvalue weighted by Gasteiger charge is -2.07. The van der Waals surface area contributed by atoms with Gasteiger partial charge in [0.15, 0.2) is 0 Å². The number of ether oxygens (including phenoxy) is 1. The minimum Gasteiger partial charge on any atom is -0.481 e. The molecule has 0 bridgehead atoms. The molecule has 5 heteroatoms. The van der Waals surface area contributed by atoms with Gasteiger partial charge in [0.25, 0.3) is 0 Å². The molecule has 4 nitrogen and oxygen atoms in total. The van der Waals surface area contributed by atoms with Gasteiger partial charge in [-0.05, 0) is 29.8 Å². The van der Waals surface area contributed by atoms with E-state index in [0.717, 1.165) is 0 Å². The lowest BCUT2D eigenvalue weighted by molar-refractivity contribution is -0.136. The van der Waals surface area contributed by atoms with Crippen LogP contribution in [0.4, 0.5) is 0 Å². The Morgan fingerprint density at radius 3 is 2.89 bits per heavy atom. The third-order valence-corrected chi connectivity index (χ3v) is 2.48. The smallest absolute Gasteiger partial charge is 0.307 e. The Morgan fingerprint density at radius 1 is 1.33 bits per heavy atom. The fraction of sp³-hybridized carbons (Fsp3) is 0.0769. The van der Waals surface area contributed by atoms with Gasteiger partial charge in [0.1, 0.15) is 10.8 Å². The maximum Gasteiger partial charge on any atom is 0.307 e. The second-order valence-corrected chi connectivity index (χ2v) is 4.02. The predicted octanol–water partition coefficient (Wildman–Crippen LogP) is 3.15. The second-order valence-electron chi connectivity index (χ2n) is 3.61. The number of hydrogen-bond donors (Lipinski definition) is 1. The van der Waals surface area contributed by atoms with E-state index in [2.05, 4.69) is 4.98 Å². The SMILES string of the molecule is O=C(O)Cc1cccc(Oc2ncccc2Cl)c1. The van der Waals surface area contributed by atoms with Gasteiger partial charge in [-0.1, -0.05) is 23.7 Å². The summed E-state index contributed by atoms with van der Waals surface area (Å²) >= 11 is 5.92. The first-order chi connectivity index (χ1) is 8.65. The van der Waals surface area contributed by atoms with Gasteiger partial charge in [-0.15, -0.1) is 0 Å². The van der Waals surface area contributed by atoms with Crippen molar-refractivity contribution >= 4 is 17.6 Å². The first-order valence-electron chi connectivity index (χ1n) is 5.24. The number of carboxylic acids is 1. The molecular formula is C13H10ClNO3. The quantitative estimate of drug-likeness (QED) is 0.920. The Hall–Kier alpha value is -2.07. The van der Waals surface area contributed by atoms with Crippen LogP contribution < -0.4 is 4.74 Å². The second kappa shape index (κ2) is 5.51. The van der Waals surface area contributed by atoms with Crippen LogP contribution in [0.1, 0.15) is 5.56 Å². The normalized spacial score (nSPS) is 10.1. The van der Waals surface area contributed by atoms with E-state index >= 15 is 0 Å². The van der Waals surface area contributed by atoms with E-state index in [-0.39, 0.29) is 6.42 Å². The zero-order chi connectivity index (χ0) is 13.0. The molecule has 18 heavy (non-hydrogen) atoms. The minimum absolute atomic E-state index is 0.0485. The maximum atomic E-state index is 10.6. The number of carbonyl (C=O) groups is 1. The van der Waals surface area contributed by atoms with Gasteiger partial charge in [0.05, 0.1) is 6.42 Å². The summed E-state index contributed by atoms with van der Waals surface area (Å²) in [7, 11) is 0. The van der Waals surface area contributed by atoms with Crippen molar-refractivity contribution in [3.8, 4) is 11.6 Å². The van der Waals surface area contributed by atoms with Gasteiger partial charge >= 0.3 is 5.97 Å². The summed E-state index contributed by atoms with van der Waals surface area (Å²) in [5, 5.41) is 9.12. The monoisotopic (exact) mass is 263 g/mol. The molecule has 1 aromatic heterocycles. The van der Waals surface area contributed by atoms with Gasteiger partial charge in [0.2, 0.25) is 5.88 Å². The predicted molar refractivity (Wildman–Crippen MR) is 67.1 cm³/mol. The fourth-order valence-electron chi connectivity index (χ4n) is 1.45. The minimum atomic E-state index is -0.886. The Labute approximate surface area is 109 Å². The fourth-order valence-corrected chi connectivity index (χ4v) is 1.61. The molecule has 2 rings (SSSR count). The number of pyridine rings is 1. The van der Waals surface area contributed by atoms with Crippen LogP contribution in [0, 0.1) is 0 Å². The highest BCUT2D eigenvalue weighted by molar-refractivity contribution is 6.31. The van der Waals surface area contributed by atoms with Crippen molar-refractivity contribution in [2.75, 3.05) is 0 Å². The van der Waals surface area contributed by atoms with E-state index < -0.39 is 5.97 Å². The lowest BCUT2D eigenvalue weighted by atomic mass is 10.1. The van der Waals surface area contributed by atoms with E-state index in [1.165, 1.54) is 0 Å². The summed E-state index contributed by atoms with van der Waals surface area (Å²) < 4.78 is 5.50. The summed E-state index contributed by atoms with van der Waals surface area (Å²) in [6, 6.07) is 10.2. The molecule has 0 aliphatic carbocycles. The standard InChI is InChI=1S/C13H10ClNO3/c14-11-5-2-6-15-13(11)18-10-4-1-3-9(7-10)8-12(16)17/h1-7H,8H2,(H,16,17). The first kappa shape index (κ1) is 12.4. The van der Waals surface area contributed by atoms with Crippen LogP contribution in [-0.2, 0) is 11.2 Å². The molecule has 92 valence electrons. The summed E-state index contributed by atoms with van der Waals surface area (Å²) in [4.78, 5) is 14.6. The van der Waals surface area contributed by atoms with Gasteiger partial charge in [-0.2, -0.15) is 0 Å². The van der Waals surface area contributed by atoms with Crippen LogP contribution in [-0.4, -0.2) is 16.1 Å². The first-order valence-corrected chi connectivity index (χ1v) is 5.62. The number of benzene rings is 1. The largest absolute Gasteiger partial charge is 0.481 e. The molecule has 1 N–H and O–H groups in total. The molecule has 0 fully saturated rings. The molecule has 1 aromatic carbocycles. The van der Waals surface area contributed by atoms with E-state index in [1.807, 2.05) is 0 Å². The molecule has 0 saturated heterocycles. The van der Waals surface area contributed by atoms with Crippen molar-refractivity contribution in [3.63, 3.8) is 0 Å². The Balaban J connectivity index is 2.19. The average molecular weight is 264 g/mol. The zero-order valence-corrected chi connectivity index (χ0v) is 10.1. The van der Waals surface area contributed by atoms with E-state index in [0.29, 0.717) is 22.2 Å². The molecule has 0 saturated carbocycles. The van der Waals surface area contributed by atoms with Crippen LogP contribution in [0.25, 0.3) is 0 Å². The molecule has 0 aliphatic heterocycles. The van der Waals surface area contributed by atoms with Crippen molar-refractivity contribution in [2.45, 2.75) is 6.42 Å². The molecular weight excluding hydrogens is 254 g/mol. The number of hydrogen-bond acceptors (Lipinski definition) is 3. The number of carboxylic acid groups (broad SMARTS) is 1. The zero-order valence-electron chi connectivity index (χ0n) is 9.34. The molecule has 0 aliphatic rings. The summed E-state index contributed by atoms with van der Waals surface area (Å²) in [6.45, 7) is 0. The lowest BCUT2D eigenvalue weighted by Crippen LogP contribution is -2.00. The Morgan fingerprint density at radius 2 is 2.17 bits per heavy atom. The van der Waals surface area contributed by atoms with Gasteiger partial charge in [-0.25, -0.2) is 4.98 Å². The molecule has 0 spiro atoms. The Bertz CT molecular complexity index is 572. The number of aliphatic carboxylic acids is 1. The van der Waals surface area contributed by atoms with Gasteiger partial charge in [0, 0.05) is 6.20 Å².